The van der Waals surface area contributed by atoms with Crippen LogP contribution in [0.25, 0.3) is 0 Å². The number of hydrogen-bond acceptors (Lipinski definition) is 6. The van der Waals surface area contributed by atoms with Crippen molar-refractivity contribution in [2.45, 2.75) is 6.04 Å². The van der Waals surface area contributed by atoms with Gasteiger partial charge in [-0.25, -0.2) is 8.42 Å². The van der Waals surface area contributed by atoms with E-state index in [1.807, 2.05) is 0 Å². The molecule has 0 amide bonds. The zero-order chi connectivity index (χ0) is 9.07. The monoisotopic (exact) mass is 223 g/mol. The first-order chi connectivity index (χ1) is 4.83. The van der Waals surface area contributed by atoms with Crippen LogP contribution < -0.4 is 35.3 Å². The van der Waals surface area contributed by atoms with Gasteiger partial charge in [-0.15, -0.1) is 0 Å². The second-order valence-electron chi connectivity index (χ2n) is 1.64. The van der Waals surface area contributed by atoms with Crippen molar-refractivity contribution in [2.24, 2.45) is 5.73 Å². The van der Waals surface area contributed by atoms with E-state index in [0.29, 0.717) is 0 Å². The van der Waals surface area contributed by atoms with Crippen LogP contribution in [0.15, 0.2) is 0 Å². The summed E-state index contributed by atoms with van der Waals surface area (Å²) in [6, 6.07) is -1.32. The molecule has 0 rings (SSSR count). The predicted octanol–water partition coefficient (Wildman–Crippen LogP) is -4.40. The Kier molecular flexibility index (Phi) is 7.83. The van der Waals surface area contributed by atoms with E-state index >= 15 is 0 Å². The maximum atomic E-state index is 9.98. The van der Waals surface area contributed by atoms with Gasteiger partial charge >= 0.3 is 35.5 Å². The molecule has 0 aliphatic heterocycles. The largest absolute Gasteiger partial charge is 1.00 e. The molecule has 3 N–H and O–H groups in total. The van der Waals surface area contributed by atoms with Crippen molar-refractivity contribution >= 4 is 25.9 Å². The normalized spacial score (nSPS) is 13.2. The van der Waals surface area contributed by atoms with Crippen LogP contribution in [-0.4, -0.2) is 35.8 Å². The van der Waals surface area contributed by atoms with Crippen LogP contribution in [-0.2, 0) is 13.9 Å². The Morgan fingerprint density at radius 2 is 2.08 bits per heavy atom. The van der Waals surface area contributed by atoms with E-state index < -0.39 is 26.9 Å². The van der Waals surface area contributed by atoms with Crippen LogP contribution in [0.4, 0.5) is 0 Å². The van der Waals surface area contributed by atoms with Crippen LogP contribution in [0.2, 0.25) is 0 Å². The second kappa shape index (κ2) is 6.19. The van der Waals surface area contributed by atoms with Gasteiger partial charge in [0, 0.05) is 5.75 Å². The fraction of sp³-hybridized carbons (Fsp3) is 0.667. The van der Waals surface area contributed by atoms with Crippen molar-refractivity contribution in [3.05, 3.63) is 0 Å². The van der Waals surface area contributed by atoms with Crippen LogP contribution >= 0.6 is 10.8 Å². The first-order valence-corrected chi connectivity index (χ1v) is 5.32. The van der Waals surface area contributed by atoms with Gasteiger partial charge in [0.15, 0.2) is 0 Å². The van der Waals surface area contributed by atoms with Crippen molar-refractivity contribution < 1.29 is 52.4 Å². The number of rotatable bonds is 4. The molecule has 0 bridgehead atoms. The first kappa shape index (κ1) is 15.2. The third kappa shape index (κ3) is 8.78. The summed E-state index contributed by atoms with van der Waals surface area (Å²) in [5.74, 6) is -1.76. The molecule has 0 aromatic heterocycles. The number of carboxylic acids is 1. The van der Waals surface area contributed by atoms with Gasteiger partial charge in [0.2, 0.25) is 0 Å². The van der Waals surface area contributed by atoms with E-state index in [1.165, 1.54) is 0 Å². The zero-order valence-corrected chi connectivity index (χ0v) is 9.89. The number of hydrogen-bond donors (Lipinski definition) is 2. The van der Waals surface area contributed by atoms with E-state index in [1.54, 1.807) is 0 Å². The molecule has 0 aromatic rings. The Balaban J connectivity index is 0. The molecule has 0 heterocycles. The summed E-state index contributed by atoms with van der Waals surface area (Å²) in [5, 5.41) is 8.14. The van der Waals surface area contributed by atoms with Crippen LogP contribution in [0.3, 0.4) is 0 Å². The minimum atomic E-state index is -4.43. The molecule has 0 saturated carbocycles. The molecule has 0 fully saturated rings. The molecule has 6 nitrogen and oxygen atoms in total. The Hall–Kier alpha value is 0.690. The quantitative estimate of drug-likeness (QED) is 0.280. The predicted molar refractivity (Wildman–Crippen MR) is 37.8 cm³/mol. The third-order valence-electron chi connectivity index (χ3n) is 0.709. The van der Waals surface area contributed by atoms with Gasteiger partial charge in [0.05, 0.1) is 0 Å². The molecule has 12 heavy (non-hydrogen) atoms. The van der Waals surface area contributed by atoms with Gasteiger partial charge < -0.3 is 15.4 Å². The molecule has 0 aliphatic rings. The maximum absolute atomic E-state index is 9.98. The van der Waals surface area contributed by atoms with Crippen LogP contribution in [0, 0.1) is 0 Å². The summed E-state index contributed by atoms with van der Waals surface area (Å²) < 4.78 is 29.8. The average molecular weight is 223 g/mol. The van der Waals surface area contributed by atoms with Crippen molar-refractivity contribution in [1.29, 1.82) is 0 Å². The van der Waals surface area contributed by atoms with Crippen LogP contribution in [0.5, 0.6) is 0 Å². The summed E-state index contributed by atoms with van der Waals surface area (Å²) in [4.78, 5) is 9.98. The molecular formula is C3H6NNaO5S2. The standard InChI is InChI=1S/C3H7NO5S2.Na/c4-2(3(5)6)1-10-11(7,8)9;/h2H,1,4H2,(H,5,6)(H,7,8,9);/q;+1/p-1. The molecular weight excluding hydrogens is 217 g/mol. The summed E-state index contributed by atoms with van der Waals surface area (Å²) in [5.41, 5.74) is 4.90. The maximum Gasteiger partial charge on any atom is 1.00 e. The van der Waals surface area contributed by atoms with E-state index in [9.17, 15) is 17.8 Å². The van der Waals surface area contributed by atoms with E-state index in [2.05, 4.69) is 0 Å². The van der Waals surface area contributed by atoms with E-state index in [0.717, 1.165) is 0 Å². The number of carbonyl (C=O) groups is 1. The Labute approximate surface area is 95.3 Å². The fourth-order valence-corrected chi connectivity index (χ4v) is 1.62. The van der Waals surface area contributed by atoms with Gasteiger partial charge in [-0.2, -0.15) is 0 Å². The topological polar surface area (TPSA) is 121 Å². The van der Waals surface area contributed by atoms with E-state index in [4.69, 9.17) is 10.8 Å². The van der Waals surface area contributed by atoms with Crippen molar-refractivity contribution in [1.82, 2.24) is 0 Å². The summed E-state index contributed by atoms with van der Waals surface area (Å²) in [6.07, 6.45) is 0. The van der Waals surface area contributed by atoms with Gasteiger partial charge in [-0.1, -0.05) is 0 Å². The smallest absolute Gasteiger partial charge is 0.739 e. The molecule has 1 unspecified atom stereocenters. The molecule has 9 heteroatoms. The van der Waals surface area contributed by atoms with Crippen molar-refractivity contribution in [3.63, 3.8) is 0 Å². The molecule has 0 spiro atoms. The van der Waals surface area contributed by atoms with Crippen LogP contribution in [0.1, 0.15) is 0 Å². The van der Waals surface area contributed by atoms with Gasteiger partial charge in [0.1, 0.15) is 15.2 Å². The second-order valence-corrected chi connectivity index (χ2v) is 4.95. The van der Waals surface area contributed by atoms with Gasteiger partial charge in [-0.3, -0.25) is 4.79 Å². The number of aliphatic carboxylic acids is 1. The molecule has 66 valence electrons. The summed E-state index contributed by atoms with van der Waals surface area (Å²) in [7, 11) is -4.45. The zero-order valence-electron chi connectivity index (χ0n) is 6.26. The molecule has 1 atom stereocenters. The van der Waals surface area contributed by atoms with Gasteiger partial charge in [-0.05, 0) is 10.8 Å². The van der Waals surface area contributed by atoms with Crippen molar-refractivity contribution in [3.8, 4) is 0 Å². The first-order valence-electron chi connectivity index (χ1n) is 2.41. The van der Waals surface area contributed by atoms with Gasteiger partial charge in [0.25, 0.3) is 0 Å². The Bertz CT molecular complexity index is 239. The number of carboxylic acid groups (broad SMARTS) is 1. The number of nitrogens with two attached hydrogens (primary N) is 1. The molecule has 0 radical (unpaired) electrons. The summed E-state index contributed by atoms with van der Waals surface area (Å²) >= 11 is 0. The SMILES string of the molecule is NC(CSS(=O)(=O)[O-])C(=O)O.[Na+]. The summed E-state index contributed by atoms with van der Waals surface area (Å²) in [6.45, 7) is 0. The van der Waals surface area contributed by atoms with Crippen molar-refractivity contribution in [2.75, 3.05) is 5.75 Å². The fourth-order valence-electron chi connectivity index (χ4n) is 0.228. The average Bonchev–Trinajstić information content (AvgIpc) is 1.80. The molecule has 0 aromatic carbocycles. The Morgan fingerprint density at radius 3 is 2.33 bits per heavy atom. The van der Waals surface area contributed by atoms with E-state index in [-0.39, 0.29) is 40.4 Å². The minimum Gasteiger partial charge on any atom is -0.739 e. The minimum absolute atomic E-state index is 0. The molecule has 0 aliphatic carbocycles. The molecule has 0 saturated heterocycles. The Morgan fingerprint density at radius 1 is 1.67 bits per heavy atom. The third-order valence-corrected chi connectivity index (χ3v) is 2.77.